The molecule has 25 heavy (non-hydrogen) atoms. The standard InChI is InChI=1S/C17H19N3O4S/c1-24-15-10-12(20(22)23)6-7-13(15)18-17(21)11-19-8-2-4-14(19)16-5-3-9-25-16/h3,5-7,9-10,14H,2,4,8,11H2,1H3,(H,18,21)/p+1/t14-/m0/s1. The summed E-state index contributed by atoms with van der Waals surface area (Å²) in [5.41, 5.74) is 0.377. The van der Waals surface area contributed by atoms with E-state index in [1.54, 1.807) is 11.3 Å². The van der Waals surface area contributed by atoms with Crippen molar-refractivity contribution in [3.05, 3.63) is 50.7 Å². The van der Waals surface area contributed by atoms with Gasteiger partial charge in [-0.25, -0.2) is 0 Å². The van der Waals surface area contributed by atoms with Gasteiger partial charge in [0.2, 0.25) is 0 Å². The van der Waals surface area contributed by atoms with Gasteiger partial charge in [-0.15, -0.1) is 11.3 Å². The topological polar surface area (TPSA) is 85.9 Å². The molecule has 0 bridgehead atoms. The number of non-ortho nitro benzene ring substituents is 1. The molecular formula is C17H20N3O4S+. The monoisotopic (exact) mass is 362 g/mol. The number of hydrogen-bond donors (Lipinski definition) is 2. The van der Waals surface area contributed by atoms with E-state index in [0.29, 0.717) is 18.3 Å². The van der Waals surface area contributed by atoms with Crippen LogP contribution in [0.15, 0.2) is 35.7 Å². The maximum Gasteiger partial charge on any atom is 0.279 e. The smallest absolute Gasteiger partial charge is 0.279 e. The number of nitro groups is 1. The summed E-state index contributed by atoms with van der Waals surface area (Å²) in [7, 11) is 1.42. The fourth-order valence-corrected chi connectivity index (χ4v) is 4.17. The Kier molecular flexibility index (Phi) is 5.30. The summed E-state index contributed by atoms with van der Waals surface area (Å²) < 4.78 is 5.16. The number of ether oxygens (including phenoxy) is 1. The first-order valence-corrected chi connectivity index (χ1v) is 8.96. The molecule has 3 rings (SSSR count). The lowest BCUT2D eigenvalue weighted by Gasteiger charge is -2.20. The number of amides is 1. The molecule has 1 aliphatic rings. The van der Waals surface area contributed by atoms with E-state index in [2.05, 4.69) is 16.8 Å². The van der Waals surface area contributed by atoms with Crippen LogP contribution in [0.5, 0.6) is 5.75 Å². The Morgan fingerprint density at radius 1 is 1.48 bits per heavy atom. The summed E-state index contributed by atoms with van der Waals surface area (Å²) in [5.74, 6) is 0.166. The molecule has 2 heterocycles. The van der Waals surface area contributed by atoms with Gasteiger partial charge in [0.05, 0.1) is 35.2 Å². The van der Waals surface area contributed by atoms with Gasteiger partial charge in [-0.2, -0.15) is 0 Å². The molecule has 0 aliphatic carbocycles. The van der Waals surface area contributed by atoms with Crippen molar-refractivity contribution in [2.75, 3.05) is 25.5 Å². The Hall–Kier alpha value is -2.45. The Bertz CT molecular complexity index is 763. The molecule has 2 N–H and O–H groups in total. The zero-order valence-corrected chi connectivity index (χ0v) is 14.7. The van der Waals surface area contributed by atoms with E-state index in [1.165, 1.54) is 35.1 Å². The molecule has 2 atom stereocenters. The van der Waals surface area contributed by atoms with E-state index in [9.17, 15) is 14.9 Å². The summed E-state index contributed by atoms with van der Waals surface area (Å²) >= 11 is 1.73. The third-order valence-corrected chi connectivity index (χ3v) is 5.41. The summed E-state index contributed by atoms with van der Waals surface area (Å²) in [4.78, 5) is 25.4. The van der Waals surface area contributed by atoms with Crippen molar-refractivity contribution in [1.29, 1.82) is 0 Å². The average Bonchev–Trinajstić information content (AvgIpc) is 3.26. The van der Waals surface area contributed by atoms with Gasteiger partial charge in [-0.05, 0) is 17.5 Å². The second-order valence-electron chi connectivity index (χ2n) is 5.99. The fourth-order valence-electron chi connectivity index (χ4n) is 3.25. The molecule has 0 radical (unpaired) electrons. The third-order valence-electron chi connectivity index (χ3n) is 4.43. The Morgan fingerprint density at radius 3 is 3.00 bits per heavy atom. The lowest BCUT2D eigenvalue weighted by molar-refractivity contribution is -0.910. The minimum atomic E-state index is -0.492. The minimum Gasteiger partial charge on any atom is -0.494 e. The van der Waals surface area contributed by atoms with Crippen LogP contribution in [0.1, 0.15) is 23.8 Å². The number of anilines is 1. The van der Waals surface area contributed by atoms with Crippen LogP contribution in [0, 0.1) is 10.1 Å². The highest BCUT2D eigenvalue weighted by atomic mass is 32.1. The van der Waals surface area contributed by atoms with Gasteiger partial charge in [0.25, 0.3) is 11.6 Å². The first-order valence-electron chi connectivity index (χ1n) is 8.08. The predicted octanol–water partition coefficient (Wildman–Crippen LogP) is 2.02. The van der Waals surface area contributed by atoms with Crippen LogP contribution in [0.2, 0.25) is 0 Å². The van der Waals surface area contributed by atoms with E-state index in [0.717, 1.165) is 19.4 Å². The van der Waals surface area contributed by atoms with E-state index < -0.39 is 4.92 Å². The molecule has 0 spiro atoms. The maximum absolute atomic E-state index is 12.5. The summed E-state index contributed by atoms with van der Waals surface area (Å²) in [6, 6.07) is 8.70. The van der Waals surface area contributed by atoms with Crippen molar-refractivity contribution in [2.24, 2.45) is 0 Å². The van der Waals surface area contributed by atoms with Crippen LogP contribution in [0.4, 0.5) is 11.4 Å². The fraction of sp³-hybridized carbons (Fsp3) is 0.353. The number of carbonyl (C=O) groups excluding carboxylic acids is 1. The molecule has 1 aliphatic heterocycles. The molecule has 7 nitrogen and oxygen atoms in total. The van der Waals surface area contributed by atoms with Crippen LogP contribution >= 0.6 is 11.3 Å². The summed E-state index contributed by atoms with van der Waals surface area (Å²) in [6.45, 7) is 1.33. The number of benzene rings is 1. The van der Waals surface area contributed by atoms with Gasteiger partial charge >= 0.3 is 0 Å². The van der Waals surface area contributed by atoms with Gasteiger partial charge in [0.1, 0.15) is 11.8 Å². The number of carbonyl (C=O) groups is 1. The SMILES string of the molecule is COc1cc([N+](=O)[O-])ccc1NC(=O)C[NH+]1CCC[C@H]1c1cccs1. The van der Waals surface area contributed by atoms with Gasteiger partial charge < -0.3 is 15.0 Å². The first-order chi connectivity index (χ1) is 12.1. The number of methoxy groups -OCH3 is 1. The van der Waals surface area contributed by atoms with Crippen LogP contribution in [-0.4, -0.2) is 31.0 Å². The van der Waals surface area contributed by atoms with Crippen molar-refractivity contribution in [3.8, 4) is 5.75 Å². The Morgan fingerprint density at radius 2 is 2.32 bits per heavy atom. The molecule has 8 heteroatoms. The van der Waals surface area contributed by atoms with E-state index >= 15 is 0 Å². The number of nitro benzene ring substituents is 1. The van der Waals surface area contributed by atoms with Crippen LogP contribution in [-0.2, 0) is 4.79 Å². The van der Waals surface area contributed by atoms with E-state index in [1.807, 2.05) is 6.07 Å². The number of thiophene rings is 1. The van der Waals surface area contributed by atoms with Gasteiger partial charge in [0.15, 0.2) is 6.54 Å². The van der Waals surface area contributed by atoms with Crippen molar-refractivity contribution < 1.29 is 19.4 Å². The van der Waals surface area contributed by atoms with Crippen molar-refractivity contribution >= 4 is 28.6 Å². The predicted molar refractivity (Wildman–Crippen MR) is 95.3 cm³/mol. The number of likely N-dealkylation sites (tertiary alicyclic amines) is 1. The van der Waals surface area contributed by atoms with Crippen molar-refractivity contribution in [3.63, 3.8) is 0 Å². The second-order valence-corrected chi connectivity index (χ2v) is 6.96. The van der Waals surface area contributed by atoms with Gasteiger partial charge in [-0.1, -0.05) is 6.07 Å². The van der Waals surface area contributed by atoms with Gasteiger partial charge in [-0.3, -0.25) is 14.9 Å². The zero-order chi connectivity index (χ0) is 17.8. The molecule has 1 unspecified atom stereocenters. The van der Waals surface area contributed by atoms with Gasteiger partial charge in [0, 0.05) is 18.9 Å². The highest BCUT2D eigenvalue weighted by Crippen LogP contribution is 2.29. The third kappa shape index (κ3) is 3.97. The normalized spacial score (nSPS) is 19.6. The lowest BCUT2D eigenvalue weighted by Crippen LogP contribution is -3.11. The minimum absolute atomic E-state index is 0.0715. The molecule has 1 aromatic carbocycles. The molecule has 0 saturated carbocycles. The van der Waals surface area contributed by atoms with Crippen LogP contribution < -0.4 is 15.0 Å². The lowest BCUT2D eigenvalue weighted by atomic mass is 10.2. The van der Waals surface area contributed by atoms with E-state index in [4.69, 9.17) is 4.74 Å². The molecule has 1 saturated heterocycles. The number of quaternary nitrogens is 1. The molecular weight excluding hydrogens is 342 g/mol. The molecule has 2 aromatic rings. The first kappa shape index (κ1) is 17.4. The molecule has 132 valence electrons. The van der Waals surface area contributed by atoms with Crippen LogP contribution in [0.25, 0.3) is 0 Å². The summed E-state index contributed by atoms with van der Waals surface area (Å²) in [5, 5.41) is 15.7. The number of nitrogens with one attached hydrogen (secondary N) is 2. The number of rotatable bonds is 6. The largest absolute Gasteiger partial charge is 0.494 e. The Balaban J connectivity index is 1.67. The highest BCUT2D eigenvalue weighted by Gasteiger charge is 2.32. The summed E-state index contributed by atoms with van der Waals surface area (Å²) in [6.07, 6.45) is 2.19. The van der Waals surface area contributed by atoms with E-state index in [-0.39, 0.29) is 17.3 Å². The quantitative estimate of drug-likeness (QED) is 0.608. The van der Waals surface area contributed by atoms with Crippen molar-refractivity contribution in [1.82, 2.24) is 0 Å². The highest BCUT2D eigenvalue weighted by molar-refractivity contribution is 7.10. The Labute approximate surface area is 149 Å². The zero-order valence-electron chi connectivity index (χ0n) is 13.9. The van der Waals surface area contributed by atoms with Crippen molar-refractivity contribution in [2.45, 2.75) is 18.9 Å². The average molecular weight is 362 g/mol. The number of hydrogen-bond acceptors (Lipinski definition) is 5. The molecule has 1 aromatic heterocycles. The maximum atomic E-state index is 12.5. The molecule has 1 amide bonds. The number of nitrogens with zero attached hydrogens (tertiary/aromatic N) is 1. The van der Waals surface area contributed by atoms with Crippen LogP contribution in [0.3, 0.4) is 0 Å². The molecule has 1 fully saturated rings. The second kappa shape index (κ2) is 7.62.